The summed E-state index contributed by atoms with van der Waals surface area (Å²) in [6.45, 7) is 16.0. The molecular weight excluding hydrogens is 140 g/mol. The Morgan fingerprint density at radius 1 is 1.00 bits per heavy atom. The van der Waals surface area contributed by atoms with E-state index >= 15 is 0 Å². The first-order chi connectivity index (χ1) is 3.81. The highest BCUT2D eigenvalue weighted by molar-refractivity contribution is 7.42. The van der Waals surface area contributed by atoms with Crippen molar-refractivity contribution in [2.24, 2.45) is 0 Å². The number of hydrogen-bond donors (Lipinski definition) is 0. The van der Waals surface area contributed by atoms with Gasteiger partial charge in [0, 0.05) is 7.59 Å². The molecule has 0 saturated carbocycles. The van der Waals surface area contributed by atoms with Crippen molar-refractivity contribution in [2.45, 2.75) is 32.7 Å². The topological polar surface area (TPSA) is 0 Å². The van der Waals surface area contributed by atoms with Crippen molar-refractivity contribution in [1.82, 2.24) is 0 Å². The van der Waals surface area contributed by atoms with E-state index in [1.165, 1.54) is 0 Å². The molecule has 2 heteroatoms. The molecule has 0 N–H and O–H groups in total. The van der Waals surface area contributed by atoms with Crippen LogP contribution in [0.4, 0.5) is 0 Å². The first kappa shape index (κ1) is 9.17. The average Bonchev–Trinajstić information content (AvgIpc) is 1.64. The average molecular weight is 158 g/mol. The third-order valence-corrected chi connectivity index (χ3v) is 19.5. The highest BCUT2D eigenvalue weighted by Gasteiger charge is 2.33. The summed E-state index contributed by atoms with van der Waals surface area (Å²) in [5, 5.41) is 0. The van der Waals surface area contributed by atoms with Crippen molar-refractivity contribution >= 4 is 15.2 Å². The molecule has 0 aromatic rings. The van der Waals surface area contributed by atoms with E-state index in [9.17, 15) is 0 Å². The Kier molecular flexibility index (Phi) is 2.47. The Balaban J connectivity index is 4.32. The zero-order valence-corrected chi connectivity index (χ0v) is 9.28. The van der Waals surface area contributed by atoms with E-state index in [4.69, 9.17) is 0 Å². The molecule has 0 aliphatic rings. The summed E-state index contributed by atoms with van der Waals surface area (Å²) >= 11 is 0. The van der Waals surface area contributed by atoms with E-state index in [0.717, 1.165) is 0 Å². The zero-order valence-electron chi connectivity index (χ0n) is 7.28. The van der Waals surface area contributed by atoms with Crippen molar-refractivity contribution in [2.75, 3.05) is 0 Å². The summed E-state index contributed by atoms with van der Waals surface area (Å²) in [5.41, 5.74) is 2.22. The lowest BCUT2D eigenvalue weighted by molar-refractivity contribution is 1.75. The van der Waals surface area contributed by atoms with Gasteiger partial charge in [-0.05, 0) is 0 Å². The van der Waals surface area contributed by atoms with Gasteiger partial charge in [-0.25, -0.2) is 0 Å². The molecule has 0 aromatic carbocycles. The van der Waals surface area contributed by atoms with E-state index in [1.807, 2.05) is 0 Å². The first-order valence-corrected chi connectivity index (χ1v) is 11.0. The number of rotatable bonds is 2. The maximum absolute atomic E-state index is 3.90. The molecule has 0 aromatic heterocycles. The predicted octanol–water partition coefficient (Wildman–Crippen LogP) is 2.84. The molecule has 0 unspecified atom stereocenters. The summed E-state index contributed by atoms with van der Waals surface area (Å²) in [6.07, 6.45) is 0. The minimum atomic E-state index is -0.976. The van der Waals surface area contributed by atoms with Gasteiger partial charge in [0.2, 0.25) is 0 Å². The second kappa shape index (κ2) is 2.42. The summed E-state index contributed by atoms with van der Waals surface area (Å²) in [4.78, 5) is 0. The summed E-state index contributed by atoms with van der Waals surface area (Å²) in [6, 6.07) is 0. The smallest absolute Gasteiger partial charge is 0.0637 e. The van der Waals surface area contributed by atoms with E-state index in [1.54, 1.807) is 0 Å². The van der Waals surface area contributed by atoms with Crippen LogP contribution in [0.1, 0.15) is 0 Å². The Morgan fingerprint density at radius 2 is 1.33 bits per heavy atom. The Morgan fingerprint density at radius 3 is 1.33 bits per heavy atom. The Bertz CT molecular complexity index is 109. The maximum Gasteiger partial charge on any atom is 0.0637 e. The molecule has 0 nitrogen and oxygen atoms in total. The van der Waals surface area contributed by atoms with Gasteiger partial charge in [-0.2, -0.15) is 0 Å². The standard InChI is InChI=1S/C7H18Si2/c1-7-9(5,6)8(2,3)4/h7H,1H2,2-6H3. The lowest BCUT2D eigenvalue weighted by Crippen LogP contribution is -2.50. The van der Waals surface area contributed by atoms with Crippen molar-refractivity contribution in [3.63, 3.8) is 0 Å². The molecule has 0 aliphatic heterocycles. The van der Waals surface area contributed by atoms with Gasteiger partial charge in [0.15, 0.2) is 0 Å². The molecule has 0 spiro atoms. The third-order valence-electron chi connectivity index (χ3n) is 2.44. The van der Waals surface area contributed by atoms with Gasteiger partial charge in [0.1, 0.15) is 0 Å². The van der Waals surface area contributed by atoms with Crippen LogP contribution in [0.15, 0.2) is 12.3 Å². The van der Waals surface area contributed by atoms with Crippen LogP contribution in [-0.4, -0.2) is 15.2 Å². The fourth-order valence-corrected chi connectivity index (χ4v) is 2.76. The molecular formula is C7H18Si2. The Hall–Kier alpha value is 0.174. The highest BCUT2D eigenvalue weighted by Crippen LogP contribution is 2.18. The van der Waals surface area contributed by atoms with Gasteiger partial charge in [-0.3, -0.25) is 0 Å². The van der Waals surface area contributed by atoms with Gasteiger partial charge in [0.25, 0.3) is 0 Å². The van der Waals surface area contributed by atoms with Crippen LogP contribution in [0, 0.1) is 0 Å². The van der Waals surface area contributed by atoms with E-state index in [-0.39, 0.29) is 0 Å². The van der Waals surface area contributed by atoms with Crippen molar-refractivity contribution < 1.29 is 0 Å². The molecule has 0 amide bonds. The first-order valence-electron chi connectivity index (χ1n) is 3.45. The van der Waals surface area contributed by atoms with Crippen LogP contribution in [0.25, 0.3) is 0 Å². The predicted molar refractivity (Wildman–Crippen MR) is 51.0 cm³/mol. The highest BCUT2D eigenvalue weighted by atomic mass is 29.3. The molecule has 0 aliphatic carbocycles. The van der Waals surface area contributed by atoms with Crippen LogP contribution in [0.2, 0.25) is 32.7 Å². The van der Waals surface area contributed by atoms with E-state index in [0.29, 0.717) is 0 Å². The van der Waals surface area contributed by atoms with Crippen LogP contribution in [0.3, 0.4) is 0 Å². The largest absolute Gasteiger partial charge is 0.107 e. The molecule has 0 radical (unpaired) electrons. The Labute approximate surface area is 60.8 Å². The molecule has 0 atom stereocenters. The van der Waals surface area contributed by atoms with Gasteiger partial charge < -0.3 is 0 Å². The fraction of sp³-hybridized carbons (Fsp3) is 0.714. The zero-order chi connectivity index (χ0) is 7.71. The van der Waals surface area contributed by atoms with E-state index < -0.39 is 15.2 Å². The van der Waals surface area contributed by atoms with Gasteiger partial charge in [0.05, 0.1) is 7.59 Å². The fourth-order valence-electron chi connectivity index (χ4n) is 0.306. The molecule has 0 heterocycles. The SMILES string of the molecule is C=C[Si](C)(C)[Si](C)(C)C. The molecule has 0 saturated heterocycles. The summed E-state index contributed by atoms with van der Waals surface area (Å²) < 4.78 is 0. The second-order valence-corrected chi connectivity index (χ2v) is 20.9. The van der Waals surface area contributed by atoms with Gasteiger partial charge in [-0.1, -0.05) is 32.7 Å². The van der Waals surface area contributed by atoms with Crippen LogP contribution < -0.4 is 0 Å². The van der Waals surface area contributed by atoms with Crippen LogP contribution >= 0.6 is 0 Å². The number of hydrogen-bond acceptors (Lipinski definition) is 0. The van der Waals surface area contributed by atoms with Crippen LogP contribution in [0.5, 0.6) is 0 Å². The van der Waals surface area contributed by atoms with Crippen molar-refractivity contribution in [1.29, 1.82) is 0 Å². The normalized spacial score (nSPS) is 13.4. The lowest BCUT2D eigenvalue weighted by Gasteiger charge is -2.31. The van der Waals surface area contributed by atoms with Crippen LogP contribution in [-0.2, 0) is 0 Å². The molecule has 54 valence electrons. The minimum Gasteiger partial charge on any atom is -0.107 e. The molecule has 0 rings (SSSR count). The lowest BCUT2D eigenvalue weighted by atomic mass is 11.3. The third kappa shape index (κ3) is 2.10. The molecule has 0 bridgehead atoms. The van der Waals surface area contributed by atoms with Gasteiger partial charge >= 0.3 is 0 Å². The van der Waals surface area contributed by atoms with E-state index in [2.05, 4.69) is 45.0 Å². The minimum absolute atomic E-state index is 0.864. The summed E-state index contributed by atoms with van der Waals surface area (Å²) in [7, 11) is -1.84. The monoisotopic (exact) mass is 158 g/mol. The molecule has 9 heavy (non-hydrogen) atoms. The quantitative estimate of drug-likeness (QED) is 0.542. The molecule has 0 fully saturated rings. The van der Waals surface area contributed by atoms with Crippen molar-refractivity contribution in [3.05, 3.63) is 12.3 Å². The summed E-state index contributed by atoms with van der Waals surface area (Å²) in [5.74, 6) is 0. The maximum atomic E-state index is 3.90. The van der Waals surface area contributed by atoms with Crippen molar-refractivity contribution in [3.8, 4) is 0 Å². The van der Waals surface area contributed by atoms with Gasteiger partial charge in [-0.15, -0.1) is 12.3 Å². The second-order valence-electron chi connectivity index (χ2n) is 4.18.